The third-order valence-electron chi connectivity index (χ3n) is 3.69. The third-order valence-corrected chi connectivity index (χ3v) is 3.69. The molecule has 128 valence electrons. The lowest BCUT2D eigenvalue weighted by Gasteiger charge is -2.06. The van der Waals surface area contributed by atoms with Crippen molar-refractivity contribution < 1.29 is 23.5 Å². The van der Waals surface area contributed by atoms with Gasteiger partial charge in [-0.2, -0.15) is 0 Å². The Balaban J connectivity index is 1.90. The Morgan fingerprint density at radius 1 is 1.12 bits per heavy atom. The van der Waals surface area contributed by atoms with E-state index in [0.29, 0.717) is 11.1 Å². The van der Waals surface area contributed by atoms with Gasteiger partial charge in [0, 0.05) is 18.0 Å². The number of hydrogen-bond donors (Lipinski definition) is 2. The lowest BCUT2D eigenvalue weighted by atomic mass is 10.0. The highest BCUT2D eigenvalue weighted by Gasteiger charge is 2.14. The molecule has 7 nitrogen and oxygen atoms in total. The molecule has 0 unspecified atom stereocenters. The average Bonchev–Trinajstić information content (AvgIpc) is 2.92. The largest absolute Gasteiger partial charge is 0.464 e. The minimum Gasteiger partial charge on any atom is -0.464 e. The van der Waals surface area contributed by atoms with E-state index in [2.05, 4.69) is 10.6 Å². The number of fused-ring (bicyclic) bond motifs is 1. The number of amides is 2. The molecule has 0 aliphatic carbocycles. The van der Waals surface area contributed by atoms with Gasteiger partial charge in [-0.1, -0.05) is 0 Å². The summed E-state index contributed by atoms with van der Waals surface area (Å²) in [5, 5.41) is 5.57. The number of ether oxygens (including phenoxy) is 1. The van der Waals surface area contributed by atoms with Crippen LogP contribution < -0.4 is 10.6 Å². The Hall–Kier alpha value is -2.83. The summed E-state index contributed by atoms with van der Waals surface area (Å²) < 4.78 is 10.4. The van der Waals surface area contributed by atoms with Crippen LogP contribution >= 0.6 is 0 Å². The molecule has 0 bridgehead atoms. The number of carbonyl (C=O) groups excluding carboxylic acids is 3. The van der Waals surface area contributed by atoms with Gasteiger partial charge in [0.15, 0.2) is 6.61 Å². The van der Waals surface area contributed by atoms with Crippen molar-refractivity contribution >= 4 is 28.8 Å². The molecule has 1 aromatic heterocycles. The maximum atomic E-state index is 11.9. The van der Waals surface area contributed by atoms with E-state index < -0.39 is 18.5 Å². The molecule has 1 heterocycles. The highest BCUT2D eigenvalue weighted by Crippen LogP contribution is 2.25. The maximum absolute atomic E-state index is 11.9. The summed E-state index contributed by atoms with van der Waals surface area (Å²) in [5.41, 5.74) is 3.64. The van der Waals surface area contributed by atoms with Gasteiger partial charge < -0.3 is 19.8 Å². The number of rotatable bonds is 6. The van der Waals surface area contributed by atoms with Gasteiger partial charge in [-0.05, 0) is 37.1 Å². The highest BCUT2D eigenvalue weighted by molar-refractivity contribution is 5.88. The molecule has 0 aliphatic rings. The summed E-state index contributed by atoms with van der Waals surface area (Å²) >= 11 is 0. The zero-order valence-electron chi connectivity index (χ0n) is 13.9. The standard InChI is InChI=1S/C17H20N2O5/c1-10-4-13-12(8-23-14(13)5-11(10)2)6-17(22)24-9-16(21)19-7-15(20)18-3/h4-5,8H,6-7,9H2,1-3H3,(H,18,20)(H,19,21). The van der Waals surface area contributed by atoms with E-state index >= 15 is 0 Å². The Kier molecular flexibility index (Phi) is 5.57. The number of aryl methyl sites for hydroxylation is 2. The van der Waals surface area contributed by atoms with Crippen molar-refractivity contribution in [3.05, 3.63) is 35.1 Å². The van der Waals surface area contributed by atoms with Crippen molar-refractivity contribution in [3.8, 4) is 0 Å². The van der Waals surface area contributed by atoms with Crippen LogP contribution in [-0.2, 0) is 25.5 Å². The summed E-state index contributed by atoms with van der Waals surface area (Å²) in [6, 6.07) is 3.89. The summed E-state index contributed by atoms with van der Waals surface area (Å²) in [5.74, 6) is -1.40. The molecule has 0 saturated heterocycles. The smallest absolute Gasteiger partial charge is 0.310 e. The minimum atomic E-state index is -0.536. The zero-order valence-corrected chi connectivity index (χ0v) is 13.9. The molecular formula is C17H20N2O5. The van der Waals surface area contributed by atoms with E-state index in [1.165, 1.54) is 13.3 Å². The molecule has 1 aromatic carbocycles. The van der Waals surface area contributed by atoms with Crippen LogP contribution in [0.3, 0.4) is 0 Å². The predicted molar refractivity (Wildman–Crippen MR) is 87.4 cm³/mol. The van der Waals surface area contributed by atoms with Gasteiger partial charge >= 0.3 is 5.97 Å². The molecule has 24 heavy (non-hydrogen) atoms. The van der Waals surface area contributed by atoms with Crippen molar-refractivity contribution in [2.75, 3.05) is 20.2 Å². The number of furan rings is 1. The number of esters is 1. The van der Waals surface area contributed by atoms with Crippen molar-refractivity contribution in [3.63, 3.8) is 0 Å². The molecule has 0 saturated carbocycles. The topological polar surface area (TPSA) is 97.6 Å². The SMILES string of the molecule is CNC(=O)CNC(=O)COC(=O)Cc1coc2cc(C)c(C)cc12. The lowest BCUT2D eigenvalue weighted by Crippen LogP contribution is -2.37. The average molecular weight is 332 g/mol. The number of benzene rings is 1. The Morgan fingerprint density at radius 3 is 2.54 bits per heavy atom. The maximum Gasteiger partial charge on any atom is 0.310 e. The fourth-order valence-corrected chi connectivity index (χ4v) is 2.14. The van der Waals surface area contributed by atoms with Crippen LogP contribution in [0, 0.1) is 13.8 Å². The molecule has 2 rings (SSSR count). The minimum absolute atomic E-state index is 0.0121. The first-order chi connectivity index (χ1) is 11.4. The Morgan fingerprint density at radius 2 is 1.83 bits per heavy atom. The molecule has 7 heteroatoms. The summed E-state index contributed by atoms with van der Waals surface area (Å²) in [6.45, 7) is 3.39. The third kappa shape index (κ3) is 4.34. The number of carbonyl (C=O) groups is 3. The molecule has 0 atom stereocenters. The number of likely N-dealkylation sites (N-methyl/N-ethyl adjacent to an activating group) is 1. The van der Waals surface area contributed by atoms with Gasteiger partial charge in [0.1, 0.15) is 5.58 Å². The lowest BCUT2D eigenvalue weighted by molar-refractivity contribution is -0.147. The molecule has 0 fully saturated rings. The van der Waals surface area contributed by atoms with Crippen LogP contribution in [0.2, 0.25) is 0 Å². The van der Waals surface area contributed by atoms with Gasteiger partial charge in [-0.3, -0.25) is 14.4 Å². The second kappa shape index (κ2) is 7.63. The number of hydrogen-bond acceptors (Lipinski definition) is 5. The van der Waals surface area contributed by atoms with Gasteiger partial charge in [0.25, 0.3) is 5.91 Å². The van der Waals surface area contributed by atoms with Crippen LogP contribution in [0.5, 0.6) is 0 Å². The molecular weight excluding hydrogens is 312 g/mol. The van der Waals surface area contributed by atoms with Crippen LogP contribution in [0.15, 0.2) is 22.8 Å². The van der Waals surface area contributed by atoms with E-state index in [4.69, 9.17) is 9.15 Å². The summed E-state index contributed by atoms with van der Waals surface area (Å²) in [7, 11) is 1.47. The van der Waals surface area contributed by atoms with E-state index in [1.54, 1.807) is 0 Å². The first-order valence-corrected chi connectivity index (χ1v) is 7.51. The Bertz CT molecular complexity index is 779. The van der Waals surface area contributed by atoms with E-state index in [1.807, 2.05) is 26.0 Å². The van der Waals surface area contributed by atoms with Crippen molar-refractivity contribution in [2.45, 2.75) is 20.3 Å². The first kappa shape index (κ1) is 17.5. The van der Waals surface area contributed by atoms with Crippen LogP contribution in [0.1, 0.15) is 16.7 Å². The molecule has 0 spiro atoms. The van der Waals surface area contributed by atoms with Crippen molar-refractivity contribution in [1.29, 1.82) is 0 Å². The molecule has 2 amide bonds. The van der Waals surface area contributed by atoms with Crippen molar-refractivity contribution in [2.24, 2.45) is 0 Å². The molecule has 2 aromatic rings. The monoisotopic (exact) mass is 332 g/mol. The first-order valence-electron chi connectivity index (χ1n) is 7.51. The second-order valence-corrected chi connectivity index (χ2v) is 5.48. The zero-order chi connectivity index (χ0) is 17.7. The predicted octanol–water partition coefficient (Wildman–Crippen LogP) is 0.998. The van der Waals surface area contributed by atoms with Crippen molar-refractivity contribution in [1.82, 2.24) is 10.6 Å². The van der Waals surface area contributed by atoms with Gasteiger partial charge in [0.05, 0.1) is 19.2 Å². The van der Waals surface area contributed by atoms with Gasteiger partial charge in [-0.25, -0.2) is 0 Å². The normalized spacial score (nSPS) is 10.5. The highest BCUT2D eigenvalue weighted by atomic mass is 16.5. The second-order valence-electron chi connectivity index (χ2n) is 5.48. The van der Waals surface area contributed by atoms with E-state index in [0.717, 1.165) is 16.5 Å². The summed E-state index contributed by atoms with van der Waals surface area (Å²) in [4.78, 5) is 34.4. The molecule has 0 radical (unpaired) electrons. The quantitative estimate of drug-likeness (QED) is 0.769. The number of nitrogens with one attached hydrogen (secondary N) is 2. The van der Waals surface area contributed by atoms with E-state index in [9.17, 15) is 14.4 Å². The van der Waals surface area contributed by atoms with Crippen LogP contribution in [0.4, 0.5) is 0 Å². The fourth-order valence-electron chi connectivity index (χ4n) is 2.14. The van der Waals surface area contributed by atoms with Crippen LogP contribution in [-0.4, -0.2) is 38.0 Å². The summed E-state index contributed by atoms with van der Waals surface area (Å²) in [6.07, 6.45) is 1.54. The van der Waals surface area contributed by atoms with Gasteiger partial charge in [0.2, 0.25) is 5.91 Å². The van der Waals surface area contributed by atoms with Gasteiger partial charge in [-0.15, -0.1) is 0 Å². The van der Waals surface area contributed by atoms with E-state index in [-0.39, 0.29) is 18.9 Å². The molecule has 2 N–H and O–H groups in total. The fraction of sp³-hybridized carbons (Fsp3) is 0.353. The van der Waals surface area contributed by atoms with Crippen LogP contribution in [0.25, 0.3) is 11.0 Å². The Labute approximate surface area is 139 Å². The molecule has 0 aliphatic heterocycles.